The Kier molecular flexibility index (Phi) is 4.52. The molecule has 2 aliphatic heterocycles. The first kappa shape index (κ1) is 16.1. The Labute approximate surface area is 141 Å². The van der Waals surface area contributed by atoms with Gasteiger partial charge in [-0.3, -0.25) is 9.59 Å². The quantitative estimate of drug-likeness (QED) is 0.773. The van der Waals surface area contributed by atoms with Crippen LogP contribution in [0.3, 0.4) is 0 Å². The molecule has 0 saturated carbocycles. The summed E-state index contributed by atoms with van der Waals surface area (Å²) in [6, 6.07) is 9.75. The summed E-state index contributed by atoms with van der Waals surface area (Å²) >= 11 is 0. The molecule has 0 unspecified atom stereocenters. The van der Waals surface area contributed by atoms with Crippen molar-refractivity contribution in [1.82, 2.24) is 9.80 Å². The predicted molar refractivity (Wildman–Crippen MR) is 90.2 cm³/mol. The number of amides is 2. The predicted octanol–water partition coefficient (Wildman–Crippen LogP) is 0.851. The minimum Gasteiger partial charge on any atom is -0.367 e. The van der Waals surface area contributed by atoms with E-state index in [1.165, 1.54) is 6.08 Å². The molecule has 24 heavy (non-hydrogen) atoms. The number of piperazine rings is 1. The Balaban J connectivity index is 1.54. The molecule has 1 aromatic carbocycles. The summed E-state index contributed by atoms with van der Waals surface area (Å²) in [6.07, 6.45) is 1.28. The Hall–Kier alpha value is -2.81. The third kappa shape index (κ3) is 2.98. The van der Waals surface area contributed by atoms with E-state index < -0.39 is 0 Å². The van der Waals surface area contributed by atoms with Crippen molar-refractivity contribution in [2.45, 2.75) is 0 Å². The van der Waals surface area contributed by atoms with Gasteiger partial charge in [0.1, 0.15) is 6.07 Å². The monoisotopic (exact) mass is 324 g/mol. The van der Waals surface area contributed by atoms with Gasteiger partial charge in [0.2, 0.25) is 11.8 Å². The number of likely N-dealkylation sites (tertiary alicyclic amines) is 1. The third-order valence-corrected chi connectivity index (χ3v) is 4.67. The van der Waals surface area contributed by atoms with Gasteiger partial charge < -0.3 is 14.7 Å². The van der Waals surface area contributed by atoms with Crippen molar-refractivity contribution in [2.24, 2.45) is 5.92 Å². The lowest BCUT2D eigenvalue weighted by Gasteiger charge is -2.43. The molecule has 0 N–H and O–H groups in total. The lowest BCUT2D eigenvalue weighted by atomic mass is 9.98. The van der Waals surface area contributed by atoms with Crippen molar-refractivity contribution in [3.8, 4) is 6.07 Å². The van der Waals surface area contributed by atoms with Crippen LogP contribution in [0.5, 0.6) is 0 Å². The molecular formula is C18H20N4O2. The summed E-state index contributed by atoms with van der Waals surface area (Å²) in [5.41, 5.74) is 1.59. The Bertz CT molecular complexity index is 695. The second kappa shape index (κ2) is 6.75. The number of carbonyl (C=O) groups excluding carboxylic acids is 2. The molecule has 0 spiro atoms. The maximum Gasteiger partial charge on any atom is 0.246 e. The van der Waals surface area contributed by atoms with Gasteiger partial charge in [0.15, 0.2) is 0 Å². The summed E-state index contributed by atoms with van der Waals surface area (Å²) in [5.74, 6) is -0.0832. The van der Waals surface area contributed by atoms with Crippen LogP contribution < -0.4 is 4.90 Å². The zero-order chi connectivity index (χ0) is 17.1. The molecule has 0 atom stereocenters. The number of nitriles is 1. The number of benzene rings is 1. The number of carbonyl (C=O) groups is 2. The fourth-order valence-electron chi connectivity index (χ4n) is 3.21. The fourth-order valence-corrected chi connectivity index (χ4v) is 3.21. The summed E-state index contributed by atoms with van der Waals surface area (Å²) in [5, 5.41) is 9.21. The Morgan fingerprint density at radius 2 is 1.79 bits per heavy atom. The smallest absolute Gasteiger partial charge is 0.246 e. The topological polar surface area (TPSA) is 67.7 Å². The highest BCUT2D eigenvalue weighted by Gasteiger charge is 2.37. The van der Waals surface area contributed by atoms with Crippen LogP contribution in [0.2, 0.25) is 0 Å². The molecule has 0 radical (unpaired) electrons. The molecule has 2 heterocycles. The molecule has 2 fully saturated rings. The minimum atomic E-state index is -0.114. The van der Waals surface area contributed by atoms with Crippen molar-refractivity contribution < 1.29 is 9.59 Å². The van der Waals surface area contributed by atoms with Gasteiger partial charge in [-0.05, 0) is 18.2 Å². The van der Waals surface area contributed by atoms with Crippen molar-refractivity contribution in [3.05, 3.63) is 42.5 Å². The second-order valence-electron chi connectivity index (χ2n) is 6.09. The summed E-state index contributed by atoms with van der Waals surface area (Å²) < 4.78 is 0. The zero-order valence-electron chi connectivity index (χ0n) is 13.5. The number of anilines is 1. The second-order valence-corrected chi connectivity index (χ2v) is 6.09. The van der Waals surface area contributed by atoms with Gasteiger partial charge >= 0.3 is 0 Å². The molecule has 0 aromatic heterocycles. The van der Waals surface area contributed by atoms with Crippen molar-refractivity contribution in [2.75, 3.05) is 44.2 Å². The SMILES string of the molecule is C=CC(=O)N1CC(C(=O)N2CCN(c3ccccc3C#N)CC2)C1. The molecule has 0 bridgehead atoms. The Morgan fingerprint density at radius 1 is 1.12 bits per heavy atom. The summed E-state index contributed by atoms with van der Waals surface area (Å²) in [7, 11) is 0. The minimum absolute atomic E-state index is 0.0909. The first-order valence-corrected chi connectivity index (χ1v) is 8.08. The number of hydrogen-bond donors (Lipinski definition) is 0. The number of rotatable bonds is 3. The summed E-state index contributed by atoms with van der Waals surface area (Å²) in [4.78, 5) is 29.6. The van der Waals surface area contributed by atoms with Crippen molar-refractivity contribution in [1.29, 1.82) is 5.26 Å². The number of hydrogen-bond acceptors (Lipinski definition) is 4. The Morgan fingerprint density at radius 3 is 2.42 bits per heavy atom. The molecule has 6 heteroatoms. The molecule has 1 aromatic rings. The van der Waals surface area contributed by atoms with Crippen LogP contribution in [-0.2, 0) is 9.59 Å². The average Bonchev–Trinajstić information content (AvgIpc) is 2.60. The van der Waals surface area contributed by atoms with Crippen LogP contribution in [0.15, 0.2) is 36.9 Å². The van der Waals surface area contributed by atoms with E-state index in [-0.39, 0.29) is 17.7 Å². The van der Waals surface area contributed by atoms with Crippen molar-refractivity contribution in [3.63, 3.8) is 0 Å². The van der Waals surface area contributed by atoms with Gasteiger partial charge in [0, 0.05) is 39.3 Å². The number of nitrogens with zero attached hydrogens (tertiary/aromatic N) is 4. The normalized spacial score (nSPS) is 17.9. The highest BCUT2D eigenvalue weighted by Crippen LogP contribution is 2.23. The maximum atomic E-state index is 12.5. The van der Waals surface area contributed by atoms with Crippen LogP contribution in [0.25, 0.3) is 0 Å². The van der Waals surface area contributed by atoms with Crippen LogP contribution in [0.1, 0.15) is 5.56 Å². The van der Waals surface area contributed by atoms with Crippen LogP contribution in [-0.4, -0.2) is 60.9 Å². The van der Waals surface area contributed by atoms with Crippen LogP contribution in [0.4, 0.5) is 5.69 Å². The van der Waals surface area contributed by atoms with Crippen LogP contribution in [0, 0.1) is 17.2 Å². The van der Waals surface area contributed by atoms with Gasteiger partial charge in [-0.2, -0.15) is 5.26 Å². The average molecular weight is 324 g/mol. The van der Waals surface area contributed by atoms with Gasteiger partial charge in [-0.25, -0.2) is 0 Å². The molecule has 2 saturated heterocycles. The molecule has 6 nitrogen and oxygen atoms in total. The van der Waals surface area contributed by atoms with Crippen LogP contribution >= 0.6 is 0 Å². The first-order chi connectivity index (χ1) is 11.6. The molecule has 2 amide bonds. The maximum absolute atomic E-state index is 12.5. The van der Waals surface area contributed by atoms with Crippen molar-refractivity contribution >= 4 is 17.5 Å². The molecular weight excluding hydrogens is 304 g/mol. The highest BCUT2D eigenvalue weighted by molar-refractivity contribution is 5.90. The van der Waals surface area contributed by atoms with E-state index in [1.807, 2.05) is 29.2 Å². The van der Waals surface area contributed by atoms with E-state index in [4.69, 9.17) is 0 Å². The first-order valence-electron chi connectivity index (χ1n) is 8.08. The highest BCUT2D eigenvalue weighted by atomic mass is 16.2. The fraction of sp³-hybridized carbons (Fsp3) is 0.389. The number of para-hydroxylation sites is 1. The standard InChI is InChI=1S/C18H20N4O2/c1-2-17(23)22-12-15(13-22)18(24)21-9-7-20(8-10-21)16-6-4-3-5-14(16)11-19/h2-6,15H,1,7-10,12-13H2. The van der Waals surface area contributed by atoms with E-state index in [2.05, 4.69) is 17.5 Å². The van der Waals surface area contributed by atoms with Gasteiger partial charge in [0.25, 0.3) is 0 Å². The molecule has 0 aliphatic carbocycles. The van der Waals surface area contributed by atoms with E-state index >= 15 is 0 Å². The summed E-state index contributed by atoms with van der Waals surface area (Å²) in [6.45, 7) is 7.15. The van der Waals surface area contributed by atoms with E-state index in [0.29, 0.717) is 44.8 Å². The lowest BCUT2D eigenvalue weighted by Crippen LogP contribution is -2.59. The molecule has 3 rings (SSSR count). The zero-order valence-corrected chi connectivity index (χ0v) is 13.5. The van der Waals surface area contributed by atoms with Gasteiger partial charge in [0.05, 0.1) is 17.2 Å². The third-order valence-electron chi connectivity index (χ3n) is 4.67. The van der Waals surface area contributed by atoms with E-state index in [9.17, 15) is 14.9 Å². The van der Waals surface area contributed by atoms with Gasteiger partial charge in [-0.15, -0.1) is 0 Å². The molecule has 2 aliphatic rings. The molecule has 124 valence electrons. The lowest BCUT2D eigenvalue weighted by molar-refractivity contribution is -0.146. The largest absolute Gasteiger partial charge is 0.367 e. The van der Waals surface area contributed by atoms with Gasteiger partial charge in [-0.1, -0.05) is 18.7 Å². The van der Waals surface area contributed by atoms with E-state index in [1.54, 1.807) is 4.90 Å². The van der Waals surface area contributed by atoms with E-state index in [0.717, 1.165) is 5.69 Å².